The first-order chi connectivity index (χ1) is 9.75. The number of rotatable bonds is 6. The maximum Gasteiger partial charge on any atom is 0.407 e. The molecule has 2 heterocycles. The average Bonchev–Trinajstić information content (AvgIpc) is 2.99. The smallest absolute Gasteiger partial charge is 0.407 e. The number of carbonyl (C=O) groups excluding carboxylic acids is 1. The zero-order valence-corrected chi connectivity index (χ0v) is 12.0. The van der Waals surface area contributed by atoms with Crippen molar-refractivity contribution in [2.24, 2.45) is 5.92 Å². The minimum atomic E-state index is -0.364. The Morgan fingerprint density at radius 2 is 2.35 bits per heavy atom. The van der Waals surface area contributed by atoms with Crippen LogP contribution in [0, 0.1) is 5.92 Å². The molecule has 0 bridgehead atoms. The summed E-state index contributed by atoms with van der Waals surface area (Å²) in [5, 5.41) is 12.8. The van der Waals surface area contributed by atoms with E-state index >= 15 is 0 Å². The van der Waals surface area contributed by atoms with E-state index in [1.807, 2.05) is 6.92 Å². The Labute approximate surface area is 119 Å². The number of aromatic nitrogens is 2. The van der Waals surface area contributed by atoms with Crippen LogP contribution in [0.4, 0.5) is 4.79 Å². The summed E-state index contributed by atoms with van der Waals surface area (Å²) in [5.74, 6) is 0.804. The fraction of sp³-hybridized carbons (Fsp3) is 0.714. The second-order valence-corrected chi connectivity index (χ2v) is 5.32. The molecular weight excluding hydrogens is 256 g/mol. The molecule has 2 rings (SSSR count). The van der Waals surface area contributed by atoms with Crippen LogP contribution in [0.5, 0.6) is 0 Å². The molecule has 3 N–H and O–H groups in total. The Bertz CT molecular complexity index is 388. The highest BCUT2D eigenvalue weighted by molar-refractivity contribution is 5.67. The highest BCUT2D eigenvalue weighted by atomic mass is 16.6. The lowest BCUT2D eigenvalue weighted by molar-refractivity contribution is 0.105. The van der Waals surface area contributed by atoms with Crippen molar-refractivity contribution in [2.45, 2.75) is 38.7 Å². The number of nitrogens with one attached hydrogen (secondary N) is 3. The van der Waals surface area contributed by atoms with Crippen molar-refractivity contribution in [3.05, 3.63) is 18.0 Å². The lowest BCUT2D eigenvalue weighted by Gasteiger charge is -2.22. The van der Waals surface area contributed by atoms with Crippen LogP contribution >= 0.6 is 0 Å². The van der Waals surface area contributed by atoms with Gasteiger partial charge in [-0.25, -0.2) is 4.79 Å². The van der Waals surface area contributed by atoms with Crippen LogP contribution < -0.4 is 10.6 Å². The van der Waals surface area contributed by atoms with E-state index < -0.39 is 0 Å². The summed E-state index contributed by atoms with van der Waals surface area (Å²) in [6.07, 6.45) is 5.67. The molecule has 0 spiro atoms. The third kappa shape index (κ3) is 4.85. The maximum atomic E-state index is 11.6. The molecule has 0 radical (unpaired) electrons. The number of amides is 1. The van der Waals surface area contributed by atoms with Gasteiger partial charge in [0.25, 0.3) is 0 Å². The van der Waals surface area contributed by atoms with Gasteiger partial charge in [-0.2, -0.15) is 5.10 Å². The van der Waals surface area contributed by atoms with Gasteiger partial charge in [0, 0.05) is 12.7 Å². The van der Waals surface area contributed by atoms with Crippen LogP contribution in [0.25, 0.3) is 0 Å². The SMILES string of the molecule is CC(OC(=O)NCCCC1CCNCC1)c1ccn[nH]1. The van der Waals surface area contributed by atoms with Crippen molar-refractivity contribution >= 4 is 6.09 Å². The summed E-state index contributed by atoms with van der Waals surface area (Å²) in [5.41, 5.74) is 0.801. The highest BCUT2D eigenvalue weighted by Crippen LogP contribution is 2.17. The van der Waals surface area contributed by atoms with Crippen molar-refractivity contribution in [1.29, 1.82) is 0 Å². The van der Waals surface area contributed by atoms with Gasteiger partial charge in [-0.3, -0.25) is 5.10 Å². The summed E-state index contributed by atoms with van der Waals surface area (Å²) >= 11 is 0. The number of ether oxygens (including phenoxy) is 1. The van der Waals surface area contributed by atoms with Gasteiger partial charge in [0.1, 0.15) is 6.10 Å². The quantitative estimate of drug-likeness (QED) is 0.696. The Balaban J connectivity index is 1.55. The van der Waals surface area contributed by atoms with Gasteiger partial charge in [-0.05, 0) is 57.7 Å². The molecule has 1 unspecified atom stereocenters. The molecule has 6 heteroatoms. The largest absolute Gasteiger partial charge is 0.440 e. The Morgan fingerprint density at radius 3 is 3.05 bits per heavy atom. The third-order valence-corrected chi connectivity index (χ3v) is 3.76. The Hall–Kier alpha value is -1.56. The van der Waals surface area contributed by atoms with Crippen LogP contribution in [-0.2, 0) is 4.74 Å². The van der Waals surface area contributed by atoms with Gasteiger partial charge >= 0.3 is 6.09 Å². The van der Waals surface area contributed by atoms with E-state index in [1.54, 1.807) is 12.3 Å². The highest BCUT2D eigenvalue weighted by Gasteiger charge is 2.14. The molecule has 1 aromatic rings. The molecule has 20 heavy (non-hydrogen) atoms. The standard InChI is InChI=1S/C14H24N4O2/c1-11(13-6-10-17-18-13)20-14(19)16-7-2-3-12-4-8-15-9-5-12/h6,10-12,15H,2-5,7-9H2,1H3,(H,16,19)(H,17,18). The molecule has 1 saturated heterocycles. The summed E-state index contributed by atoms with van der Waals surface area (Å²) in [7, 11) is 0. The molecule has 1 atom stereocenters. The second-order valence-electron chi connectivity index (χ2n) is 5.32. The van der Waals surface area contributed by atoms with Crippen molar-refractivity contribution in [2.75, 3.05) is 19.6 Å². The minimum Gasteiger partial charge on any atom is -0.440 e. The van der Waals surface area contributed by atoms with Crippen molar-refractivity contribution in [3.63, 3.8) is 0 Å². The van der Waals surface area contributed by atoms with E-state index in [4.69, 9.17) is 4.74 Å². The van der Waals surface area contributed by atoms with Gasteiger partial charge in [0.15, 0.2) is 0 Å². The van der Waals surface area contributed by atoms with Gasteiger partial charge in [-0.1, -0.05) is 0 Å². The third-order valence-electron chi connectivity index (χ3n) is 3.76. The molecule has 6 nitrogen and oxygen atoms in total. The first-order valence-corrected chi connectivity index (χ1v) is 7.40. The molecule has 0 aliphatic carbocycles. The Morgan fingerprint density at radius 1 is 1.55 bits per heavy atom. The molecule has 1 aromatic heterocycles. The number of hydrogen-bond acceptors (Lipinski definition) is 4. The Kier molecular flexibility index (Phi) is 5.86. The zero-order valence-electron chi connectivity index (χ0n) is 12.0. The normalized spacial score (nSPS) is 17.6. The zero-order chi connectivity index (χ0) is 14.2. The van der Waals surface area contributed by atoms with Crippen LogP contribution in [0.15, 0.2) is 12.3 Å². The fourth-order valence-electron chi connectivity index (χ4n) is 2.51. The van der Waals surface area contributed by atoms with E-state index in [0.29, 0.717) is 6.54 Å². The first-order valence-electron chi connectivity index (χ1n) is 7.40. The van der Waals surface area contributed by atoms with Crippen LogP contribution in [0.2, 0.25) is 0 Å². The van der Waals surface area contributed by atoms with Crippen LogP contribution in [0.1, 0.15) is 44.4 Å². The molecule has 1 fully saturated rings. The van der Waals surface area contributed by atoms with Crippen LogP contribution in [-0.4, -0.2) is 35.9 Å². The van der Waals surface area contributed by atoms with E-state index in [2.05, 4.69) is 20.8 Å². The van der Waals surface area contributed by atoms with E-state index in [0.717, 1.165) is 31.1 Å². The van der Waals surface area contributed by atoms with Crippen molar-refractivity contribution in [1.82, 2.24) is 20.8 Å². The van der Waals surface area contributed by atoms with Gasteiger partial charge in [-0.15, -0.1) is 0 Å². The number of hydrogen-bond donors (Lipinski definition) is 3. The topological polar surface area (TPSA) is 79.0 Å². The number of alkyl carbamates (subject to hydrolysis) is 1. The first kappa shape index (κ1) is 14.8. The molecule has 0 aromatic carbocycles. The van der Waals surface area contributed by atoms with Gasteiger partial charge in [0.05, 0.1) is 5.69 Å². The summed E-state index contributed by atoms with van der Waals surface area (Å²) in [6.45, 7) is 4.75. The average molecular weight is 280 g/mol. The lowest BCUT2D eigenvalue weighted by atomic mass is 9.93. The van der Waals surface area contributed by atoms with Crippen LogP contribution in [0.3, 0.4) is 0 Å². The van der Waals surface area contributed by atoms with E-state index in [1.165, 1.54) is 19.3 Å². The summed E-state index contributed by atoms with van der Waals surface area (Å²) in [6, 6.07) is 1.80. The molecule has 0 saturated carbocycles. The number of H-pyrrole nitrogens is 1. The number of aromatic amines is 1. The lowest BCUT2D eigenvalue weighted by Crippen LogP contribution is -2.29. The summed E-state index contributed by atoms with van der Waals surface area (Å²) < 4.78 is 5.26. The maximum absolute atomic E-state index is 11.6. The number of nitrogens with zero attached hydrogens (tertiary/aromatic N) is 1. The predicted octanol–water partition coefficient (Wildman–Crippen LogP) is 1.98. The number of piperidine rings is 1. The van der Waals surface area contributed by atoms with Gasteiger partial charge in [0.2, 0.25) is 0 Å². The summed E-state index contributed by atoms with van der Waals surface area (Å²) in [4.78, 5) is 11.6. The minimum absolute atomic E-state index is 0.304. The van der Waals surface area contributed by atoms with Crippen molar-refractivity contribution < 1.29 is 9.53 Å². The predicted molar refractivity (Wildman–Crippen MR) is 76.3 cm³/mol. The van der Waals surface area contributed by atoms with Crippen molar-refractivity contribution in [3.8, 4) is 0 Å². The molecule has 1 amide bonds. The molecular formula is C14H24N4O2. The molecule has 112 valence electrons. The second kappa shape index (κ2) is 7.89. The van der Waals surface area contributed by atoms with E-state index in [9.17, 15) is 4.79 Å². The van der Waals surface area contributed by atoms with Gasteiger partial charge < -0.3 is 15.4 Å². The molecule has 1 aliphatic rings. The van der Waals surface area contributed by atoms with E-state index in [-0.39, 0.29) is 12.2 Å². The fourth-order valence-corrected chi connectivity index (χ4v) is 2.51. The monoisotopic (exact) mass is 280 g/mol. The number of carbonyl (C=O) groups is 1. The molecule has 1 aliphatic heterocycles.